The van der Waals surface area contributed by atoms with E-state index in [1.807, 2.05) is 18.2 Å². The molecule has 9 heteroatoms. The van der Waals surface area contributed by atoms with E-state index in [0.29, 0.717) is 28.1 Å². The minimum absolute atomic E-state index is 0.219. The molecule has 35 heavy (non-hydrogen) atoms. The number of carbonyl (C=O) groups is 2. The lowest BCUT2D eigenvalue weighted by Crippen LogP contribution is -2.44. The standard InChI is InChI=1S/C26H24N2O6S/c1-18(25(29)27-17-23(26(30)33-2)22-11-7-8-12-24(22)27)28(35(3,31)32)19-13-15-21(16-14-19)34-20-9-5-4-6-10-20/h4-18H,1-3H3. The largest absolute Gasteiger partial charge is 0.465 e. The van der Waals surface area contributed by atoms with Gasteiger partial charge >= 0.3 is 5.97 Å². The molecule has 0 radical (unpaired) electrons. The zero-order valence-electron chi connectivity index (χ0n) is 19.4. The summed E-state index contributed by atoms with van der Waals surface area (Å²) in [7, 11) is -2.58. The lowest BCUT2D eigenvalue weighted by atomic mass is 10.2. The van der Waals surface area contributed by atoms with Crippen LogP contribution < -0.4 is 9.04 Å². The third kappa shape index (κ3) is 4.90. The van der Waals surface area contributed by atoms with E-state index in [1.165, 1.54) is 24.8 Å². The Bertz CT molecular complexity index is 1480. The number of ether oxygens (including phenoxy) is 2. The number of sulfonamides is 1. The molecule has 8 nitrogen and oxygen atoms in total. The Morgan fingerprint density at radius 1 is 0.886 bits per heavy atom. The number of carbonyl (C=O) groups excluding carboxylic acids is 2. The molecule has 0 saturated carbocycles. The minimum Gasteiger partial charge on any atom is -0.465 e. The molecule has 0 spiro atoms. The van der Waals surface area contributed by atoms with Crippen LogP contribution in [0.25, 0.3) is 10.9 Å². The van der Waals surface area contributed by atoms with Crippen molar-refractivity contribution in [2.45, 2.75) is 13.0 Å². The molecule has 0 aliphatic carbocycles. The fourth-order valence-corrected chi connectivity index (χ4v) is 5.09. The molecule has 0 N–H and O–H groups in total. The molecule has 1 heterocycles. The molecule has 0 aliphatic rings. The van der Waals surface area contributed by atoms with Gasteiger partial charge in [-0.25, -0.2) is 13.2 Å². The summed E-state index contributed by atoms with van der Waals surface area (Å²) >= 11 is 0. The van der Waals surface area contributed by atoms with Crippen LogP contribution in [0.3, 0.4) is 0 Å². The van der Waals surface area contributed by atoms with Gasteiger partial charge in [-0.3, -0.25) is 13.7 Å². The van der Waals surface area contributed by atoms with Crippen LogP contribution in [0, 0.1) is 0 Å². The molecule has 180 valence electrons. The molecule has 4 aromatic rings. The topological polar surface area (TPSA) is 94.9 Å². The number of hydrogen-bond donors (Lipinski definition) is 0. The fourth-order valence-electron chi connectivity index (χ4n) is 3.92. The van der Waals surface area contributed by atoms with Gasteiger partial charge in [0.15, 0.2) is 0 Å². The zero-order valence-corrected chi connectivity index (χ0v) is 20.2. The van der Waals surface area contributed by atoms with Gasteiger partial charge in [-0.2, -0.15) is 0 Å². The number of fused-ring (bicyclic) bond motifs is 1. The van der Waals surface area contributed by atoms with E-state index in [2.05, 4.69) is 0 Å². The highest BCUT2D eigenvalue weighted by Crippen LogP contribution is 2.28. The average molecular weight is 493 g/mol. The number of nitrogens with zero attached hydrogens (tertiary/aromatic N) is 2. The first-order valence-corrected chi connectivity index (χ1v) is 12.6. The Morgan fingerprint density at radius 2 is 1.49 bits per heavy atom. The normalized spacial score (nSPS) is 12.2. The summed E-state index contributed by atoms with van der Waals surface area (Å²) in [5, 5.41) is 0.535. The maximum absolute atomic E-state index is 13.5. The predicted octanol–water partition coefficient (Wildman–Crippen LogP) is 4.72. The second-order valence-corrected chi connectivity index (χ2v) is 9.76. The first-order valence-electron chi connectivity index (χ1n) is 10.8. The maximum atomic E-state index is 13.5. The van der Waals surface area contributed by atoms with E-state index in [0.717, 1.165) is 10.6 Å². The van der Waals surface area contributed by atoms with Crippen molar-refractivity contribution in [2.24, 2.45) is 0 Å². The Morgan fingerprint density at radius 3 is 2.11 bits per heavy atom. The lowest BCUT2D eigenvalue weighted by molar-refractivity contribution is 0.0603. The summed E-state index contributed by atoms with van der Waals surface area (Å²) in [4.78, 5) is 25.8. The van der Waals surface area contributed by atoms with Gasteiger partial charge in [0.25, 0.3) is 5.91 Å². The number of anilines is 1. The predicted molar refractivity (Wildman–Crippen MR) is 134 cm³/mol. The Kier molecular flexibility index (Phi) is 6.61. The Labute approximate surface area is 203 Å². The van der Waals surface area contributed by atoms with Crippen LogP contribution in [0.2, 0.25) is 0 Å². The van der Waals surface area contributed by atoms with E-state index >= 15 is 0 Å². The van der Waals surface area contributed by atoms with E-state index in [-0.39, 0.29) is 5.56 Å². The average Bonchev–Trinajstić information content (AvgIpc) is 3.24. The maximum Gasteiger partial charge on any atom is 0.340 e. The highest BCUT2D eigenvalue weighted by molar-refractivity contribution is 7.92. The van der Waals surface area contributed by atoms with E-state index in [9.17, 15) is 18.0 Å². The molecule has 4 rings (SSSR count). The van der Waals surface area contributed by atoms with Gasteiger partial charge in [0, 0.05) is 11.6 Å². The SMILES string of the molecule is COC(=O)c1cn(C(=O)C(C)N(c2ccc(Oc3ccccc3)cc2)S(C)(=O)=O)c2ccccc12. The number of hydrogen-bond acceptors (Lipinski definition) is 6. The second-order valence-electron chi connectivity index (χ2n) is 7.90. The summed E-state index contributed by atoms with van der Waals surface area (Å²) in [5.41, 5.74) is 1.00. The van der Waals surface area contributed by atoms with Gasteiger partial charge in [0.1, 0.15) is 17.5 Å². The number of rotatable bonds is 7. The number of aromatic nitrogens is 1. The van der Waals surface area contributed by atoms with Crippen LogP contribution in [-0.2, 0) is 14.8 Å². The quantitative estimate of drug-likeness (QED) is 0.347. The summed E-state index contributed by atoms with van der Waals surface area (Å²) in [6.45, 7) is 1.50. The molecule has 1 atom stereocenters. The number of methoxy groups -OCH3 is 1. The van der Waals surface area contributed by atoms with Crippen molar-refractivity contribution in [3.05, 3.63) is 90.6 Å². The van der Waals surface area contributed by atoms with E-state index < -0.39 is 27.9 Å². The lowest BCUT2D eigenvalue weighted by Gasteiger charge is -2.28. The zero-order chi connectivity index (χ0) is 25.2. The van der Waals surface area contributed by atoms with Crippen LogP contribution in [0.1, 0.15) is 22.1 Å². The van der Waals surface area contributed by atoms with Crippen molar-refractivity contribution in [1.29, 1.82) is 0 Å². The van der Waals surface area contributed by atoms with Crippen LogP contribution in [0.15, 0.2) is 85.1 Å². The minimum atomic E-state index is -3.84. The Hall–Kier alpha value is -4.11. The molecule has 3 aromatic carbocycles. The van der Waals surface area contributed by atoms with Crippen LogP contribution in [0.5, 0.6) is 11.5 Å². The first-order chi connectivity index (χ1) is 16.7. The number of benzene rings is 3. The number of para-hydroxylation sites is 2. The summed E-state index contributed by atoms with van der Waals surface area (Å²) in [5.74, 6) is 0.0527. The van der Waals surface area contributed by atoms with Crippen molar-refractivity contribution in [2.75, 3.05) is 17.7 Å². The highest BCUT2D eigenvalue weighted by atomic mass is 32.2. The van der Waals surface area contributed by atoms with Crippen LogP contribution in [0.4, 0.5) is 5.69 Å². The molecular formula is C26H24N2O6S. The smallest absolute Gasteiger partial charge is 0.340 e. The van der Waals surface area contributed by atoms with Crippen molar-refractivity contribution in [1.82, 2.24) is 4.57 Å². The van der Waals surface area contributed by atoms with Crippen LogP contribution in [-0.4, -0.2) is 44.3 Å². The van der Waals surface area contributed by atoms with Crippen molar-refractivity contribution in [3.8, 4) is 11.5 Å². The summed E-state index contributed by atoms with van der Waals surface area (Å²) in [6.07, 6.45) is 2.42. The van der Waals surface area contributed by atoms with Gasteiger partial charge in [-0.15, -0.1) is 0 Å². The first kappa shape index (κ1) is 24.0. The van der Waals surface area contributed by atoms with Gasteiger partial charge < -0.3 is 9.47 Å². The molecule has 0 fully saturated rings. The van der Waals surface area contributed by atoms with E-state index in [1.54, 1.807) is 60.7 Å². The second kappa shape index (κ2) is 9.63. The van der Waals surface area contributed by atoms with Gasteiger partial charge in [-0.05, 0) is 49.4 Å². The molecule has 0 saturated heterocycles. The van der Waals surface area contributed by atoms with Crippen molar-refractivity contribution >= 4 is 38.5 Å². The van der Waals surface area contributed by atoms with Crippen LogP contribution >= 0.6 is 0 Å². The monoisotopic (exact) mass is 492 g/mol. The highest BCUT2D eigenvalue weighted by Gasteiger charge is 2.31. The Balaban J connectivity index is 1.68. The molecular weight excluding hydrogens is 468 g/mol. The van der Waals surface area contributed by atoms with Crippen molar-refractivity contribution in [3.63, 3.8) is 0 Å². The van der Waals surface area contributed by atoms with Gasteiger partial charge in [-0.1, -0.05) is 36.4 Å². The fraction of sp³-hybridized carbons (Fsp3) is 0.154. The molecule has 0 amide bonds. The summed E-state index contributed by atoms with van der Waals surface area (Å²) in [6, 6.07) is 21.4. The van der Waals surface area contributed by atoms with Gasteiger partial charge in [0.2, 0.25) is 10.0 Å². The molecule has 0 bridgehead atoms. The number of esters is 1. The van der Waals surface area contributed by atoms with Crippen molar-refractivity contribution < 1.29 is 27.5 Å². The van der Waals surface area contributed by atoms with E-state index in [4.69, 9.17) is 9.47 Å². The third-order valence-corrected chi connectivity index (χ3v) is 6.73. The molecule has 1 unspecified atom stereocenters. The molecule has 0 aliphatic heterocycles. The summed E-state index contributed by atoms with van der Waals surface area (Å²) < 4.78 is 38.5. The third-order valence-electron chi connectivity index (χ3n) is 5.49. The van der Waals surface area contributed by atoms with Gasteiger partial charge in [0.05, 0.1) is 30.1 Å². The molecule has 1 aromatic heterocycles.